The van der Waals surface area contributed by atoms with Gasteiger partial charge in [-0.1, -0.05) is 25.1 Å². The Morgan fingerprint density at radius 3 is 1.97 bits per heavy atom. The first-order valence-electron chi connectivity index (χ1n) is 9.49. The average molecular weight is 425 g/mol. The van der Waals surface area contributed by atoms with Gasteiger partial charge >= 0.3 is 0 Å². The maximum absolute atomic E-state index is 12.7. The monoisotopic (exact) mass is 424 g/mol. The lowest BCUT2D eigenvalue weighted by molar-refractivity contribution is 0.101. The molecule has 2 amide bonds. The van der Waals surface area contributed by atoms with Crippen molar-refractivity contribution in [1.82, 2.24) is 0 Å². The van der Waals surface area contributed by atoms with Crippen molar-refractivity contribution in [2.75, 3.05) is 24.9 Å². The van der Waals surface area contributed by atoms with E-state index in [1.54, 1.807) is 36.4 Å². The second kappa shape index (κ2) is 9.45. The Balaban J connectivity index is 1.87. The zero-order valence-electron chi connectivity index (χ0n) is 17.4. The summed E-state index contributed by atoms with van der Waals surface area (Å²) < 4.78 is 10.9. The number of ether oxygens (including phenoxy) is 2. The van der Waals surface area contributed by atoms with Crippen molar-refractivity contribution in [3.05, 3.63) is 69.4 Å². The van der Waals surface area contributed by atoms with Gasteiger partial charge in [0.1, 0.15) is 11.5 Å². The molecule has 0 saturated carbocycles. The highest BCUT2D eigenvalue weighted by atomic mass is 32.1. The maximum Gasteiger partial charge on any atom is 0.265 e. The largest absolute Gasteiger partial charge is 0.494 e. The molecule has 1 aromatic heterocycles. The summed E-state index contributed by atoms with van der Waals surface area (Å²) in [4.78, 5) is 27.1. The van der Waals surface area contributed by atoms with Crippen LogP contribution >= 0.6 is 11.3 Å². The van der Waals surface area contributed by atoms with Gasteiger partial charge in [0, 0.05) is 22.6 Å². The van der Waals surface area contributed by atoms with Gasteiger partial charge in [-0.25, -0.2) is 0 Å². The molecule has 7 heteroatoms. The number of hydrogen-bond donors (Lipinski definition) is 2. The molecule has 1 heterocycles. The van der Waals surface area contributed by atoms with E-state index in [0.29, 0.717) is 33.3 Å². The molecule has 0 saturated heterocycles. The molecule has 0 bridgehead atoms. The Morgan fingerprint density at radius 1 is 0.900 bits per heavy atom. The second-order valence-corrected chi connectivity index (χ2v) is 7.73. The Labute approximate surface area is 179 Å². The van der Waals surface area contributed by atoms with E-state index >= 15 is 0 Å². The minimum absolute atomic E-state index is 0.218. The standard InChI is InChI=1S/C23H24N2O4S/c1-5-20-14(2)11-21(30-20)23(27)25-17-13-18(28-3)16(12-19(17)29-4)24-22(26)15-9-7-6-8-10-15/h6-13H,5H2,1-4H3,(H,24,26)(H,25,27). The van der Waals surface area contributed by atoms with E-state index in [4.69, 9.17) is 9.47 Å². The van der Waals surface area contributed by atoms with Crippen LogP contribution in [0.3, 0.4) is 0 Å². The number of nitrogens with one attached hydrogen (secondary N) is 2. The van der Waals surface area contributed by atoms with Crippen molar-refractivity contribution in [3.8, 4) is 11.5 Å². The molecule has 30 heavy (non-hydrogen) atoms. The first-order chi connectivity index (χ1) is 14.5. The van der Waals surface area contributed by atoms with E-state index in [0.717, 1.165) is 12.0 Å². The lowest BCUT2D eigenvalue weighted by Crippen LogP contribution is -2.14. The SMILES string of the molecule is CCc1sc(C(=O)Nc2cc(OC)c(NC(=O)c3ccccc3)cc2OC)cc1C. The number of methoxy groups -OCH3 is 2. The molecule has 156 valence electrons. The molecular weight excluding hydrogens is 400 g/mol. The van der Waals surface area contributed by atoms with Gasteiger partial charge < -0.3 is 20.1 Å². The molecule has 0 unspecified atom stereocenters. The van der Waals surface area contributed by atoms with Crippen LogP contribution in [0.5, 0.6) is 11.5 Å². The number of rotatable bonds is 7. The Morgan fingerprint density at radius 2 is 1.47 bits per heavy atom. The van der Waals surface area contributed by atoms with Gasteiger partial charge in [0.2, 0.25) is 0 Å². The normalized spacial score (nSPS) is 10.4. The van der Waals surface area contributed by atoms with E-state index in [-0.39, 0.29) is 11.8 Å². The van der Waals surface area contributed by atoms with Gasteiger partial charge in [-0.2, -0.15) is 0 Å². The van der Waals surface area contributed by atoms with Crippen LogP contribution in [-0.2, 0) is 6.42 Å². The van der Waals surface area contributed by atoms with Crippen LogP contribution < -0.4 is 20.1 Å². The third-order valence-electron chi connectivity index (χ3n) is 4.62. The zero-order chi connectivity index (χ0) is 21.7. The van der Waals surface area contributed by atoms with E-state index in [2.05, 4.69) is 17.6 Å². The molecule has 2 aromatic carbocycles. The van der Waals surface area contributed by atoms with Crippen LogP contribution in [0, 0.1) is 6.92 Å². The third-order valence-corrected chi connectivity index (χ3v) is 6.00. The molecule has 3 rings (SSSR count). The fourth-order valence-corrected chi connectivity index (χ4v) is 4.05. The van der Waals surface area contributed by atoms with Crippen LogP contribution in [0.15, 0.2) is 48.5 Å². The summed E-state index contributed by atoms with van der Waals surface area (Å²) in [6.45, 7) is 4.07. The Bertz CT molecular complexity index is 1060. The van der Waals surface area contributed by atoms with Gasteiger partial charge in [0.05, 0.1) is 30.5 Å². The fraction of sp³-hybridized carbons (Fsp3) is 0.217. The summed E-state index contributed by atoms with van der Waals surface area (Å²) in [5, 5.41) is 5.71. The number of thiophene rings is 1. The Kier molecular flexibility index (Phi) is 6.74. The molecular formula is C23H24N2O4S. The quantitative estimate of drug-likeness (QED) is 0.551. The van der Waals surface area contributed by atoms with Crippen molar-refractivity contribution >= 4 is 34.5 Å². The summed E-state index contributed by atoms with van der Waals surface area (Å²) in [5.74, 6) is 0.335. The molecule has 0 aliphatic rings. The molecule has 2 N–H and O–H groups in total. The summed E-state index contributed by atoms with van der Waals surface area (Å²) in [7, 11) is 3.01. The van der Waals surface area contributed by atoms with Crippen molar-refractivity contribution in [1.29, 1.82) is 0 Å². The lowest BCUT2D eigenvalue weighted by Gasteiger charge is -2.16. The Hall–Kier alpha value is -3.32. The van der Waals surface area contributed by atoms with Crippen molar-refractivity contribution < 1.29 is 19.1 Å². The summed E-state index contributed by atoms with van der Waals surface area (Å²) >= 11 is 1.48. The van der Waals surface area contributed by atoms with Gasteiger partial charge in [0.25, 0.3) is 11.8 Å². The maximum atomic E-state index is 12.7. The number of benzene rings is 2. The highest BCUT2D eigenvalue weighted by Crippen LogP contribution is 2.37. The fourth-order valence-electron chi connectivity index (χ4n) is 3.04. The number of anilines is 2. The van der Waals surface area contributed by atoms with E-state index in [1.807, 2.05) is 19.1 Å². The average Bonchev–Trinajstić information content (AvgIpc) is 3.15. The summed E-state index contributed by atoms with van der Waals surface area (Å²) in [6.07, 6.45) is 0.886. The topological polar surface area (TPSA) is 76.7 Å². The molecule has 0 aliphatic heterocycles. The molecule has 0 fully saturated rings. The van der Waals surface area contributed by atoms with Crippen LogP contribution in [0.25, 0.3) is 0 Å². The van der Waals surface area contributed by atoms with E-state index in [1.165, 1.54) is 30.4 Å². The smallest absolute Gasteiger partial charge is 0.265 e. The number of carbonyl (C=O) groups is 2. The molecule has 3 aromatic rings. The van der Waals surface area contributed by atoms with Crippen molar-refractivity contribution in [2.24, 2.45) is 0 Å². The molecule has 0 radical (unpaired) electrons. The number of aryl methyl sites for hydroxylation is 2. The number of carbonyl (C=O) groups excluding carboxylic acids is 2. The predicted octanol–water partition coefficient (Wildman–Crippen LogP) is 5.14. The number of amides is 2. The summed E-state index contributed by atoms with van der Waals surface area (Å²) in [6, 6.07) is 14.0. The molecule has 6 nitrogen and oxygen atoms in total. The van der Waals surface area contributed by atoms with Crippen molar-refractivity contribution in [2.45, 2.75) is 20.3 Å². The first kappa shape index (κ1) is 21.4. The lowest BCUT2D eigenvalue weighted by atomic mass is 10.2. The molecule has 0 atom stereocenters. The van der Waals surface area contributed by atoms with Crippen LogP contribution in [-0.4, -0.2) is 26.0 Å². The van der Waals surface area contributed by atoms with Gasteiger partial charge in [-0.15, -0.1) is 11.3 Å². The van der Waals surface area contributed by atoms with E-state index < -0.39 is 0 Å². The first-order valence-corrected chi connectivity index (χ1v) is 10.3. The van der Waals surface area contributed by atoms with Gasteiger partial charge in [0.15, 0.2) is 0 Å². The van der Waals surface area contributed by atoms with Gasteiger partial charge in [-0.05, 0) is 37.1 Å². The minimum Gasteiger partial charge on any atom is -0.494 e. The highest BCUT2D eigenvalue weighted by molar-refractivity contribution is 7.14. The van der Waals surface area contributed by atoms with Crippen LogP contribution in [0.4, 0.5) is 11.4 Å². The summed E-state index contributed by atoms with van der Waals surface area (Å²) in [5.41, 5.74) is 2.54. The number of hydrogen-bond acceptors (Lipinski definition) is 5. The molecule has 0 spiro atoms. The zero-order valence-corrected chi connectivity index (χ0v) is 18.2. The second-order valence-electron chi connectivity index (χ2n) is 6.60. The van der Waals surface area contributed by atoms with Crippen LogP contribution in [0.2, 0.25) is 0 Å². The highest BCUT2D eigenvalue weighted by Gasteiger charge is 2.18. The predicted molar refractivity (Wildman–Crippen MR) is 120 cm³/mol. The van der Waals surface area contributed by atoms with Crippen molar-refractivity contribution in [3.63, 3.8) is 0 Å². The van der Waals surface area contributed by atoms with E-state index in [9.17, 15) is 9.59 Å². The molecule has 0 aliphatic carbocycles. The minimum atomic E-state index is -0.270. The van der Waals surface area contributed by atoms with Gasteiger partial charge in [-0.3, -0.25) is 9.59 Å². The third kappa shape index (κ3) is 4.63. The van der Waals surface area contributed by atoms with Crippen LogP contribution in [0.1, 0.15) is 37.4 Å².